The average Bonchev–Trinajstić information content (AvgIpc) is 3.36. The van der Waals surface area contributed by atoms with Crippen LogP contribution < -0.4 is 15.5 Å². The molecule has 0 radical (unpaired) electrons. The molecule has 0 amide bonds. The molecule has 0 spiro atoms. The Morgan fingerprint density at radius 1 is 1.30 bits per heavy atom. The van der Waals surface area contributed by atoms with Gasteiger partial charge in [-0.05, 0) is 43.2 Å². The lowest BCUT2D eigenvalue weighted by atomic mass is 10.1. The molecule has 1 saturated heterocycles. The van der Waals surface area contributed by atoms with Crippen LogP contribution in [0.25, 0.3) is 10.6 Å². The number of alkyl halides is 3. The summed E-state index contributed by atoms with van der Waals surface area (Å²) in [5, 5.41) is 6.36. The second kappa shape index (κ2) is 11.2. The maximum absolute atomic E-state index is 14.0. The van der Waals surface area contributed by atoms with Crippen LogP contribution in [0, 0.1) is 0 Å². The molecule has 9 nitrogen and oxygen atoms in total. The molecule has 2 aromatic heterocycles. The van der Waals surface area contributed by atoms with Crippen molar-refractivity contribution in [2.24, 2.45) is 0 Å². The predicted octanol–water partition coefficient (Wildman–Crippen LogP) is 4.78. The summed E-state index contributed by atoms with van der Waals surface area (Å²) in [6.07, 6.45) is -3.99. The van der Waals surface area contributed by atoms with Crippen molar-refractivity contribution < 1.29 is 31.1 Å². The third-order valence-electron chi connectivity index (χ3n) is 6.98. The number of ether oxygens (including phenoxy) is 2. The van der Waals surface area contributed by atoms with Crippen LogP contribution in [0.15, 0.2) is 35.4 Å². The summed E-state index contributed by atoms with van der Waals surface area (Å²) in [5.41, 5.74) is 1.19. The van der Waals surface area contributed by atoms with Gasteiger partial charge in [-0.15, -0.1) is 11.3 Å². The van der Waals surface area contributed by atoms with Crippen LogP contribution in [-0.4, -0.2) is 63.7 Å². The summed E-state index contributed by atoms with van der Waals surface area (Å²) in [6.45, 7) is 5.97. The molecule has 0 bridgehead atoms. The average molecular weight is 598 g/mol. The summed E-state index contributed by atoms with van der Waals surface area (Å²) in [4.78, 5) is 10.9. The number of methoxy groups -OCH3 is 1. The maximum atomic E-state index is 14.0. The zero-order valence-corrected chi connectivity index (χ0v) is 23.8. The number of rotatable bonds is 6. The molecule has 2 aliphatic rings. The maximum Gasteiger partial charge on any atom is 0.420 e. The highest BCUT2D eigenvalue weighted by Gasteiger charge is 2.37. The highest BCUT2D eigenvalue weighted by Crippen LogP contribution is 2.44. The second-order valence-electron chi connectivity index (χ2n) is 9.57. The van der Waals surface area contributed by atoms with Gasteiger partial charge in [0.2, 0.25) is 5.95 Å². The number of anilines is 3. The molecule has 4 heterocycles. The zero-order valence-electron chi connectivity index (χ0n) is 22.2. The second-order valence-corrected chi connectivity index (χ2v) is 12.7. The number of aryl methyl sites for hydroxylation is 1. The van der Waals surface area contributed by atoms with E-state index >= 15 is 0 Å². The van der Waals surface area contributed by atoms with E-state index in [9.17, 15) is 21.6 Å². The molecular weight excluding hydrogens is 567 g/mol. The van der Waals surface area contributed by atoms with Gasteiger partial charge in [0.15, 0.2) is 9.84 Å². The number of aromatic nitrogens is 2. The number of sulfone groups is 1. The lowest BCUT2D eigenvalue weighted by Crippen LogP contribution is -2.51. The number of fused-ring (bicyclic) bond motifs is 1. The first kappa shape index (κ1) is 28.7. The summed E-state index contributed by atoms with van der Waals surface area (Å²) in [7, 11) is -2.05. The van der Waals surface area contributed by atoms with Crippen molar-refractivity contribution in [1.82, 2.24) is 15.3 Å². The van der Waals surface area contributed by atoms with Gasteiger partial charge in [0.05, 0.1) is 45.4 Å². The SMILES string of the molecule is CCc1cc(N2CCN[C@H](OC)C2)ccc1Nc1ncc(C(F)(F)F)c(-c2cc3c(s2)C(C)OCCS3(=O)=O)n1. The fourth-order valence-electron chi connectivity index (χ4n) is 4.81. The number of nitrogens with one attached hydrogen (secondary N) is 2. The normalized spacial score (nSPS) is 21.1. The molecule has 3 aromatic rings. The highest BCUT2D eigenvalue weighted by atomic mass is 32.2. The van der Waals surface area contributed by atoms with Crippen LogP contribution in [0.2, 0.25) is 0 Å². The van der Waals surface area contributed by atoms with Crippen LogP contribution in [0.5, 0.6) is 0 Å². The van der Waals surface area contributed by atoms with E-state index < -0.39 is 27.7 Å². The van der Waals surface area contributed by atoms with Crippen molar-refractivity contribution in [3.8, 4) is 10.6 Å². The van der Waals surface area contributed by atoms with Gasteiger partial charge in [-0.2, -0.15) is 13.2 Å². The molecule has 1 fully saturated rings. The van der Waals surface area contributed by atoms with E-state index in [0.29, 0.717) is 23.5 Å². The Labute approximate surface area is 234 Å². The van der Waals surface area contributed by atoms with Gasteiger partial charge in [0.25, 0.3) is 0 Å². The Morgan fingerprint density at radius 3 is 2.83 bits per heavy atom. The number of piperazine rings is 1. The summed E-state index contributed by atoms with van der Waals surface area (Å²) < 4.78 is 78.5. The van der Waals surface area contributed by atoms with E-state index in [1.54, 1.807) is 14.0 Å². The number of thiophene rings is 1. The number of benzene rings is 1. The molecule has 1 unspecified atom stereocenters. The summed E-state index contributed by atoms with van der Waals surface area (Å²) >= 11 is 0.942. The van der Waals surface area contributed by atoms with Crippen molar-refractivity contribution in [3.05, 3.63) is 46.5 Å². The first-order chi connectivity index (χ1) is 19.0. The van der Waals surface area contributed by atoms with Crippen molar-refractivity contribution in [3.63, 3.8) is 0 Å². The zero-order chi connectivity index (χ0) is 28.7. The topological polar surface area (TPSA) is 106 Å². The van der Waals surface area contributed by atoms with E-state index in [0.717, 1.165) is 41.9 Å². The Bertz CT molecular complexity index is 1500. The van der Waals surface area contributed by atoms with E-state index in [2.05, 4.69) is 25.5 Å². The lowest BCUT2D eigenvalue weighted by molar-refractivity contribution is -0.137. The van der Waals surface area contributed by atoms with Crippen molar-refractivity contribution in [2.45, 2.75) is 43.7 Å². The number of hydrogen-bond donors (Lipinski definition) is 2. The van der Waals surface area contributed by atoms with Gasteiger partial charge in [-0.3, -0.25) is 5.32 Å². The first-order valence-electron chi connectivity index (χ1n) is 12.8. The molecule has 1 aromatic carbocycles. The minimum atomic E-state index is -4.74. The molecule has 0 aliphatic carbocycles. The Balaban J connectivity index is 1.50. The minimum absolute atomic E-state index is 0.00812. The number of nitrogens with zero attached hydrogens (tertiary/aromatic N) is 3. The quantitative estimate of drug-likeness (QED) is 0.416. The molecule has 2 N–H and O–H groups in total. The molecule has 2 aliphatic heterocycles. The monoisotopic (exact) mass is 597 g/mol. The molecule has 14 heteroatoms. The van der Waals surface area contributed by atoms with Gasteiger partial charge in [0.1, 0.15) is 11.8 Å². The number of hydrogen-bond acceptors (Lipinski definition) is 10. The number of halogens is 3. The van der Waals surface area contributed by atoms with Crippen LogP contribution in [0.1, 0.15) is 36.0 Å². The Morgan fingerprint density at radius 2 is 2.10 bits per heavy atom. The standard InChI is InChI=1S/C26H30F3N5O4S2/c1-4-16-11-17(34-8-7-30-22(14-34)37-3)5-6-19(16)32-25-31-13-18(26(27,28)29)23(33-25)20-12-21-24(39-20)15(2)38-9-10-40(21,35)36/h5-6,11-13,15,22,30H,4,7-10,14H2,1-3H3,(H,31,32,33)/t15?,22-/m1/s1. The van der Waals surface area contributed by atoms with Crippen LogP contribution in [0.3, 0.4) is 0 Å². The van der Waals surface area contributed by atoms with Crippen LogP contribution in [0.4, 0.5) is 30.5 Å². The third-order valence-corrected chi connectivity index (χ3v) is 10.1. The van der Waals surface area contributed by atoms with Gasteiger partial charge >= 0.3 is 6.18 Å². The molecule has 216 valence electrons. The fourth-order valence-corrected chi connectivity index (χ4v) is 7.76. The summed E-state index contributed by atoms with van der Waals surface area (Å²) in [6, 6.07) is 7.10. The lowest BCUT2D eigenvalue weighted by Gasteiger charge is -2.34. The van der Waals surface area contributed by atoms with Crippen LogP contribution in [-0.2, 0) is 31.9 Å². The van der Waals surface area contributed by atoms with Gasteiger partial charge in [-0.25, -0.2) is 18.4 Å². The Kier molecular flexibility index (Phi) is 8.08. The highest BCUT2D eigenvalue weighted by molar-refractivity contribution is 7.91. The van der Waals surface area contributed by atoms with E-state index in [1.807, 2.05) is 25.1 Å². The van der Waals surface area contributed by atoms with E-state index in [-0.39, 0.29) is 40.0 Å². The minimum Gasteiger partial charge on any atom is -0.372 e. The Hall–Kier alpha value is -2.78. The van der Waals surface area contributed by atoms with Gasteiger partial charge < -0.3 is 19.7 Å². The smallest absolute Gasteiger partial charge is 0.372 e. The van der Waals surface area contributed by atoms with Gasteiger partial charge in [-0.1, -0.05) is 6.92 Å². The summed E-state index contributed by atoms with van der Waals surface area (Å²) in [5.74, 6) is -0.262. The van der Waals surface area contributed by atoms with Crippen molar-refractivity contribution in [2.75, 3.05) is 49.3 Å². The van der Waals surface area contributed by atoms with E-state index in [4.69, 9.17) is 9.47 Å². The van der Waals surface area contributed by atoms with E-state index in [1.165, 1.54) is 6.07 Å². The molecule has 2 atom stereocenters. The third kappa shape index (κ3) is 5.81. The molecule has 5 rings (SSSR count). The fraction of sp³-hybridized carbons (Fsp3) is 0.462. The largest absolute Gasteiger partial charge is 0.420 e. The molecular formula is C26H30F3N5O4S2. The van der Waals surface area contributed by atoms with Crippen molar-refractivity contribution in [1.29, 1.82) is 0 Å². The predicted molar refractivity (Wildman–Crippen MR) is 147 cm³/mol. The van der Waals surface area contributed by atoms with Gasteiger partial charge in [0, 0.05) is 37.8 Å². The molecule has 0 saturated carbocycles. The van der Waals surface area contributed by atoms with Crippen LogP contribution >= 0.6 is 11.3 Å². The van der Waals surface area contributed by atoms with Crippen molar-refractivity contribution >= 4 is 38.5 Å². The first-order valence-corrected chi connectivity index (χ1v) is 15.3. The molecule has 40 heavy (non-hydrogen) atoms.